The Balaban J connectivity index is 0.882. The first-order chi connectivity index (χ1) is 25.2. The Bertz CT molecular complexity index is 1660. The predicted octanol–water partition coefficient (Wildman–Crippen LogP) is 7.73. The molecule has 2 aliphatic carbocycles. The molecule has 1 unspecified atom stereocenters. The molecule has 52 heavy (non-hydrogen) atoms. The second kappa shape index (κ2) is 18.1. The van der Waals surface area contributed by atoms with Gasteiger partial charge in [-0.3, -0.25) is 14.5 Å². The average Bonchev–Trinajstić information content (AvgIpc) is 3.14. The number of fused-ring (bicyclic) bond motifs is 2. The van der Waals surface area contributed by atoms with Crippen LogP contribution in [0.3, 0.4) is 0 Å². The molecule has 6 rings (SSSR count). The van der Waals surface area contributed by atoms with Crippen molar-refractivity contribution in [3.63, 3.8) is 0 Å². The average molecular weight is 727 g/mol. The molecule has 2 amide bonds. The van der Waals surface area contributed by atoms with Crippen molar-refractivity contribution in [3.8, 4) is 0 Å². The third-order valence-electron chi connectivity index (χ3n) is 11.2. The van der Waals surface area contributed by atoms with Gasteiger partial charge in [0.25, 0.3) is 0 Å². The summed E-state index contributed by atoms with van der Waals surface area (Å²) in [5, 5.41) is 13.0. The lowest BCUT2D eigenvalue weighted by molar-refractivity contribution is -0.124. The number of nitrogens with zero attached hydrogens (tertiary/aromatic N) is 4. The van der Waals surface area contributed by atoms with E-state index in [-0.39, 0.29) is 11.8 Å². The number of piperazine rings is 1. The minimum atomic E-state index is -0.258. The summed E-state index contributed by atoms with van der Waals surface area (Å²) >= 11 is 6.40. The van der Waals surface area contributed by atoms with Crippen molar-refractivity contribution in [2.75, 3.05) is 60.1 Å². The van der Waals surface area contributed by atoms with Gasteiger partial charge in [0.2, 0.25) is 17.8 Å². The van der Waals surface area contributed by atoms with E-state index in [1.54, 1.807) is 6.20 Å². The Hall–Kier alpha value is -4.15. The third kappa shape index (κ3) is 10.5. The van der Waals surface area contributed by atoms with Crippen LogP contribution in [0.4, 0.5) is 28.8 Å². The summed E-state index contributed by atoms with van der Waals surface area (Å²) in [6.07, 6.45) is 11.0. The molecule has 5 atom stereocenters. The van der Waals surface area contributed by atoms with Crippen LogP contribution >= 0.6 is 11.6 Å². The summed E-state index contributed by atoms with van der Waals surface area (Å²) in [6, 6.07) is 15.9. The van der Waals surface area contributed by atoms with Crippen LogP contribution in [0.25, 0.3) is 0 Å². The minimum Gasteiger partial charge on any atom is -0.369 e. The Labute approximate surface area is 314 Å². The van der Waals surface area contributed by atoms with Crippen LogP contribution in [-0.4, -0.2) is 66.0 Å². The SMILES string of the molecule is C=CC(=O)Nc1cccc(CNc2nc(Nc3ccc(N4CCN(CCCCNC(=O)CC5[C@H]6C[C@@H](C)C[C@H](C6)C[C@H]5C)CC4)cc3)ncc2Cl)c1. The van der Waals surface area contributed by atoms with Gasteiger partial charge in [-0.2, -0.15) is 4.98 Å². The highest BCUT2D eigenvalue weighted by Gasteiger charge is 2.40. The van der Waals surface area contributed by atoms with Crippen LogP contribution in [0.5, 0.6) is 0 Å². The molecule has 0 radical (unpaired) electrons. The maximum Gasteiger partial charge on any atom is 0.247 e. The van der Waals surface area contributed by atoms with E-state index in [1.807, 2.05) is 36.4 Å². The Kier molecular flexibility index (Phi) is 13.1. The highest BCUT2D eigenvalue weighted by Crippen LogP contribution is 2.49. The van der Waals surface area contributed by atoms with E-state index in [0.29, 0.717) is 40.9 Å². The Morgan fingerprint density at radius 1 is 0.981 bits per heavy atom. The van der Waals surface area contributed by atoms with Gasteiger partial charge >= 0.3 is 0 Å². The van der Waals surface area contributed by atoms with Crippen molar-refractivity contribution in [3.05, 3.63) is 78.0 Å². The monoisotopic (exact) mass is 726 g/mol. The first kappa shape index (κ1) is 37.6. The number of anilines is 5. The van der Waals surface area contributed by atoms with Gasteiger partial charge in [0.05, 0.1) is 6.20 Å². The van der Waals surface area contributed by atoms with Crippen molar-refractivity contribution in [1.82, 2.24) is 20.2 Å². The molecule has 3 aliphatic rings. The minimum absolute atomic E-state index is 0.258. The first-order valence-electron chi connectivity index (χ1n) is 19.1. The largest absolute Gasteiger partial charge is 0.369 e. The second-order valence-corrected chi connectivity index (χ2v) is 15.6. The Morgan fingerprint density at radius 3 is 2.58 bits per heavy atom. The van der Waals surface area contributed by atoms with Crippen molar-refractivity contribution < 1.29 is 9.59 Å². The molecule has 4 N–H and O–H groups in total. The van der Waals surface area contributed by atoms with Crippen molar-refractivity contribution >= 4 is 52.2 Å². The number of carbonyl (C=O) groups excluding carboxylic acids is 2. The molecule has 2 bridgehead atoms. The zero-order chi connectivity index (χ0) is 36.5. The molecule has 2 aromatic carbocycles. The van der Waals surface area contributed by atoms with Crippen molar-refractivity contribution in [2.45, 2.75) is 65.3 Å². The molecule has 278 valence electrons. The quantitative estimate of drug-likeness (QED) is 0.0930. The Morgan fingerprint density at radius 2 is 1.79 bits per heavy atom. The number of hydrogen-bond donors (Lipinski definition) is 4. The predicted molar refractivity (Wildman–Crippen MR) is 212 cm³/mol. The van der Waals surface area contributed by atoms with Crippen molar-refractivity contribution in [1.29, 1.82) is 0 Å². The molecule has 0 spiro atoms. The van der Waals surface area contributed by atoms with Gasteiger partial charge in [-0.05, 0) is 123 Å². The fourth-order valence-corrected chi connectivity index (χ4v) is 8.81. The number of rotatable bonds is 15. The number of aromatic nitrogens is 2. The highest BCUT2D eigenvalue weighted by molar-refractivity contribution is 6.32. The standard InChI is InChI=1S/C41H55ClN8O2/c1-4-38(51)46-34-9-7-8-30(24-34)26-44-40-37(42)27-45-41(48-40)47-33-10-12-35(13-11-33)50-18-16-49(17-19-50)15-6-5-14-43-39(52)25-36-29(3)22-31-20-28(2)21-32(36)23-31/h4,7-13,24,27-29,31-32,36H,1,5-6,14-23,25-26H2,2-3H3,(H,43,52)(H,46,51)(H2,44,45,47,48)/t28-,29+,31-,32-,36?/m0/s1. The topological polar surface area (TPSA) is 115 Å². The van der Waals surface area contributed by atoms with E-state index in [9.17, 15) is 9.59 Å². The maximum absolute atomic E-state index is 12.8. The molecule has 1 aromatic heterocycles. The summed E-state index contributed by atoms with van der Waals surface area (Å²) in [5.41, 5.74) is 3.73. The zero-order valence-corrected chi connectivity index (χ0v) is 31.5. The van der Waals surface area contributed by atoms with Gasteiger partial charge in [0, 0.05) is 62.8 Å². The van der Waals surface area contributed by atoms with Crippen LogP contribution in [0.1, 0.15) is 64.4 Å². The summed E-state index contributed by atoms with van der Waals surface area (Å²) in [6.45, 7) is 14.7. The van der Waals surface area contributed by atoms with E-state index >= 15 is 0 Å². The fraction of sp³-hybridized carbons (Fsp3) is 0.512. The number of hydrogen-bond acceptors (Lipinski definition) is 8. The lowest BCUT2D eigenvalue weighted by Crippen LogP contribution is -2.46. The summed E-state index contributed by atoms with van der Waals surface area (Å²) in [7, 11) is 0. The third-order valence-corrected chi connectivity index (χ3v) is 11.5. The number of benzene rings is 2. The summed E-state index contributed by atoms with van der Waals surface area (Å²) < 4.78 is 0. The number of nitrogens with one attached hydrogen (secondary N) is 4. The lowest BCUT2D eigenvalue weighted by atomic mass is 9.59. The van der Waals surface area contributed by atoms with Gasteiger partial charge < -0.3 is 26.2 Å². The summed E-state index contributed by atoms with van der Waals surface area (Å²) in [5.74, 6) is 4.68. The van der Waals surface area contributed by atoms with E-state index < -0.39 is 0 Å². The number of unbranched alkanes of at least 4 members (excludes halogenated alkanes) is 1. The maximum atomic E-state index is 12.8. The van der Waals surface area contributed by atoms with Gasteiger partial charge in [0.15, 0.2) is 5.82 Å². The molecule has 3 aromatic rings. The molecule has 2 heterocycles. The molecular weight excluding hydrogens is 672 g/mol. The molecule has 10 nitrogen and oxygen atoms in total. The van der Waals surface area contributed by atoms with Gasteiger partial charge in [-0.15, -0.1) is 0 Å². The van der Waals surface area contributed by atoms with Crippen LogP contribution in [0.2, 0.25) is 5.02 Å². The zero-order valence-electron chi connectivity index (χ0n) is 30.8. The molecule has 2 saturated carbocycles. The van der Waals surface area contributed by atoms with E-state index in [0.717, 1.165) is 87.5 Å². The summed E-state index contributed by atoms with van der Waals surface area (Å²) in [4.78, 5) is 38.4. The first-order valence-corrected chi connectivity index (χ1v) is 19.5. The van der Waals surface area contributed by atoms with E-state index in [1.165, 1.54) is 37.4 Å². The lowest BCUT2D eigenvalue weighted by Gasteiger charge is -2.46. The normalized spacial score (nSPS) is 23.1. The number of amides is 2. The van der Waals surface area contributed by atoms with E-state index in [2.05, 4.69) is 73.6 Å². The van der Waals surface area contributed by atoms with E-state index in [4.69, 9.17) is 11.6 Å². The highest BCUT2D eigenvalue weighted by atomic mass is 35.5. The fourth-order valence-electron chi connectivity index (χ4n) is 8.66. The van der Waals surface area contributed by atoms with Crippen LogP contribution < -0.4 is 26.2 Å². The van der Waals surface area contributed by atoms with Crippen LogP contribution in [0.15, 0.2) is 67.4 Å². The molecule has 3 fully saturated rings. The van der Waals surface area contributed by atoms with Gasteiger partial charge in [-0.1, -0.05) is 44.2 Å². The van der Waals surface area contributed by atoms with Gasteiger partial charge in [-0.25, -0.2) is 4.98 Å². The second-order valence-electron chi connectivity index (χ2n) is 15.2. The smallest absolute Gasteiger partial charge is 0.247 e. The molecule has 1 saturated heterocycles. The van der Waals surface area contributed by atoms with Crippen LogP contribution in [0, 0.1) is 29.6 Å². The molecule has 11 heteroatoms. The van der Waals surface area contributed by atoms with Crippen LogP contribution in [-0.2, 0) is 16.1 Å². The number of carbonyl (C=O) groups is 2. The molecular formula is C41H55ClN8O2. The van der Waals surface area contributed by atoms with Crippen molar-refractivity contribution in [2.24, 2.45) is 29.6 Å². The van der Waals surface area contributed by atoms with Gasteiger partial charge in [0.1, 0.15) is 5.02 Å². The molecule has 1 aliphatic heterocycles. The number of halogens is 1.